The maximum Gasteiger partial charge on any atom is 0.0703 e. The van der Waals surface area contributed by atoms with E-state index in [1.54, 1.807) is 0 Å². The zero-order chi connectivity index (χ0) is 7.52. The molecule has 64 valence electrons. The van der Waals surface area contributed by atoms with Gasteiger partial charge in [0, 0.05) is 6.54 Å². The van der Waals surface area contributed by atoms with Crippen molar-refractivity contribution in [2.45, 2.75) is 44.3 Å². The second-order valence-electron chi connectivity index (χ2n) is 3.66. The van der Waals surface area contributed by atoms with Gasteiger partial charge >= 0.3 is 0 Å². The maximum atomic E-state index is 5.86. The van der Waals surface area contributed by atoms with Crippen molar-refractivity contribution in [1.82, 2.24) is 5.32 Å². The van der Waals surface area contributed by atoms with Crippen molar-refractivity contribution in [3.63, 3.8) is 0 Å². The minimum atomic E-state index is 0.522. The maximum absolute atomic E-state index is 5.86. The van der Waals surface area contributed by atoms with E-state index < -0.39 is 0 Å². The Labute approximate surface area is 68.3 Å². The summed E-state index contributed by atoms with van der Waals surface area (Å²) in [5.41, 5.74) is 0. The van der Waals surface area contributed by atoms with Crippen LogP contribution in [0.15, 0.2) is 0 Å². The first-order valence-electron chi connectivity index (χ1n) is 4.81. The molecule has 1 aliphatic heterocycles. The average molecular weight is 155 g/mol. The van der Waals surface area contributed by atoms with Gasteiger partial charge in [0.15, 0.2) is 0 Å². The number of rotatable bonds is 2. The van der Waals surface area contributed by atoms with Crippen LogP contribution in [0.1, 0.15) is 32.1 Å². The van der Waals surface area contributed by atoms with Gasteiger partial charge < -0.3 is 10.1 Å². The van der Waals surface area contributed by atoms with Crippen LogP contribution < -0.4 is 5.32 Å². The fourth-order valence-corrected chi connectivity index (χ4v) is 1.72. The Balaban J connectivity index is 1.67. The molecule has 0 radical (unpaired) electrons. The van der Waals surface area contributed by atoms with E-state index in [0.29, 0.717) is 12.2 Å². The van der Waals surface area contributed by atoms with Gasteiger partial charge in [-0.3, -0.25) is 0 Å². The van der Waals surface area contributed by atoms with Crippen LogP contribution in [0.4, 0.5) is 0 Å². The van der Waals surface area contributed by atoms with E-state index >= 15 is 0 Å². The number of ether oxygens (including phenoxy) is 1. The first kappa shape index (κ1) is 7.56. The summed E-state index contributed by atoms with van der Waals surface area (Å²) in [6.07, 6.45) is 7.67. The highest BCUT2D eigenvalue weighted by Gasteiger charge is 2.23. The Morgan fingerprint density at radius 3 is 2.36 bits per heavy atom. The summed E-state index contributed by atoms with van der Waals surface area (Å²) in [5.74, 6) is 0. The van der Waals surface area contributed by atoms with Crippen molar-refractivity contribution in [3.05, 3.63) is 0 Å². The number of nitrogens with one attached hydrogen (secondary N) is 1. The quantitative estimate of drug-likeness (QED) is 0.649. The molecule has 0 bridgehead atoms. The highest BCUT2D eigenvalue weighted by molar-refractivity contribution is 4.75. The van der Waals surface area contributed by atoms with Crippen LogP contribution in [0.5, 0.6) is 0 Å². The monoisotopic (exact) mass is 155 g/mol. The molecule has 0 spiro atoms. The molecular weight excluding hydrogens is 138 g/mol. The predicted molar refractivity (Wildman–Crippen MR) is 44.6 cm³/mol. The zero-order valence-electron chi connectivity index (χ0n) is 7.01. The molecule has 1 atom stereocenters. The second kappa shape index (κ2) is 3.55. The summed E-state index contributed by atoms with van der Waals surface area (Å²) in [7, 11) is 0. The van der Waals surface area contributed by atoms with Crippen LogP contribution in [-0.4, -0.2) is 25.3 Å². The van der Waals surface area contributed by atoms with Crippen molar-refractivity contribution in [2.24, 2.45) is 0 Å². The van der Waals surface area contributed by atoms with Gasteiger partial charge in [-0.1, -0.05) is 0 Å². The van der Waals surface area contributed by atoms with Crippen LogP contribution in [0.25, 0.3) is 0 Å². The standard InChI is InChI=1S/C9H17NO/c1-3-8(4-1)11-9-5-2-6-10-7-9/h8-10H,1-7H2/t9-/m0/s1. The lowest BCUT2D eigenvalue weighted by Crippen LogP contribution is -2.39. The molecule has 1 heterocycles. The van der Waals surface area contributed by atoms with E-state index in [4.69, 9.17) is 4.74 Å². The van der Waals surface area contributed by atoms with Crippen LogP contribution >= 0.6 is 0 Å². The lowest BCUT2D eigenvalue weighted by molar-refractivity contribution is -0.0587. The molecule has 0 aromatic rings. The Kier molecular flexibility index (Phi) is 2.44. The molecule has 2 fully saturated rings. The van der Waals surface area contributed by atoms with E-state index in [1.165, 1.54) is 38.6 Å². The first-order valence-corrected chi connectivity index (χ1v) is 4.81. The van der Waals surface area contributed by atoms with E-state index in [-0.39, 0.29) is 0 Å². The highest BCUT2D eigenvalue weighted by atomic mass is 16.5. The Morgan fingerprint density at radius 2 is 1.82 bits per heavy atom. The molecule has 0 unspecified atom stereocenters. The molecule has 2 aliphatic rings. The molecule has 0 amide bonds. The fraction of sp³-hybridized carbons (Fsp3) is 1.00. The zero-order valence-corrected chi connectivity index (χ0v) is 7.01. The van der Waals surface area contributed by atoms with Crippen molar-refractivity contribution in [1.29, 1.82) is 0 Å². The Hall–Kier alpha value is -0.0800. The van der Waals surface area contributed by atoms with Gasteiger partial charge in [-0.25, -0.2) is 0 Å². The SMILES string of the molecule is C1CC(O[C@H]2CCCNC2)C1. The molecule has 2 rings (SSSR count). The first-order chi connectivity index (χ1) is 5.45. The lowest BCUT2D eigenvalue weighted by Gasteiger charge is -2.32. The van der Waals surface area contributed by atoms with Crippen LogP contribution in [0.2, 0.25) is 0 Å². The Bertz CT molecular complexity index is 117. The number of hydrogen-bond acceptors (Lipinski definition) is 2. The minimum absolute atomic E-state index is 0.522. The number of hydrogen-bond donors (Lipinski definition) is 1. The largest absolute Gasteiger partial charge is 0.374 e. The summed E-state index contributed by atoms with van der Waals surface area (Å²) in [6.45, 7) is 2.26. The molecular formula is C9H17NO. The summed E-state index contributed by atoms with van der Waals surface area (Å²) < 4.78 is 5.86. The summed E-state index contributed by atoms with van der Waals surface area (Å²) in [5, 5.41) is 3.36. The van der Waals surface area contributed by atoms with Crippen LogP contribution in [-0.2, 0) is 4.74 Å². The van der Waals surface area contributed by atoms with Crippen molar-refractivity contribution in [2.75, 3.05) is 13.1 Å². The van der Waals surface area contributed by atoms with E-state index in [0.717, 1.165) is 6.54 Å². The van der Waals surface area contributed by atoms with Gasteiger partial charge in [-0.05, 0) is 38.6 Å². The van der Waals surface area contributed by atoms with Crippen LogP contribution in [0.3, 0.4) is 0 Å². The second-order valence-corrected chi connectivity index (χ2v) is 3.66. The normalized spacial score (nSPS) is 33.3. The molecule has 1 aliphatic carbocycles. The van der Waals surface area contributed by atoms with E-state index in [9.17, 15) is 0 Å². The van der Waals surface area contributed by atoms with E-state index in [2.05, 4.69) is 5.32 Å². The van der Waals surface area contributed by atoms with Crippen LogP contribution in [0, 0.1) is 0 Å². The van der Waals surface area contributed by atoms with Gasteiger partial charge in [0.2, 0.25) is 0 Å². The van der Waals surface area contributed by atoms with Crippen molar-refractivity contribution >= 4 is 0 Å². The summed E-state index contributed by atoms with van der Waals surface area (Å²) >= 11 is 0. The van der Waals surface area contributed by atoms with Gasteiger partial charge in [0.25, 0.3) is 0 Å². The third kappa shape index (κ3) is 1.94. The fourth-order valence-electron chi connectivity index (χ4n) is 1.72. The third-order valence-electron chi connectivity index (χ3n) is 2.69. The van der Waals surface area contributed by atoms with Crippen molar-refractivity contribution < 1.29 is 4.74 Å². The van der Waals surface area contributed by atoms with E-state index in [1.807, 2.05) is 0 Å². The van der Waals surface area contributed by atoms with Gasteiger partial charge in [-0.2, -0.15) is 0 Å². The summed E-state index contributed by atoms with van der Waals surface area (Å²) in [6, 6.07) is 0. The predicted octanol–water partition coefficient (Wildman–Crippen LogP) is 1.31. The smallest absolute Gasteiger partial charge is 0.0703 e. The van der Waals surface area contributed by atoms with Gasteiger partial charge in [0.05, 0.1) is 12.2 Å². The molecule has 1 N–H and O–H groups in total. The molecule has 11 heavy (non-hydrogen) atoms. The lowest BCUT2D eigenvalue weighted by atomic mass is 9.95. The molecule has 0 aromatic carbocycles. The minimum Gasteiger partial charge on any atom is -0.374 e. The molecule has 1 saturated carbocycles. The number of piperidine rings is 1. The highest BCUT2D eigenvalue weighted by Crippen LogP contribution is 2.24. The molecule has 1 saturated heterocycles. The molecule has 0 aromatic heterocycles. The average Bonchev–Trinajstić information content (AvgIpc) is 1.99. The Morgan fingerprint density at radius 1 is 1.00 bits per heavy atom. The molecule has 2 nitrogen and oxygen atoms in total. The summed E-state index contributed by atoms with van der Waals surface area (Å²) in [4.78, 5) is 0. The van der Waals surface area contributed by atoms with Crippen molar-refractivity contribution in [3.8, 4) is 0 Å². The topological polar surface area (TPSA) is 21.3 Å². The molecule has 2 heteroatoms. The van der Waals surface area contributed by atoms with Gasteiger partial charge in [-0.15, -0.1) is 0 Å². The third-order valence-corrected chi connectivity index (χ3v) is 2.69. The van der Waals surface area contributed by atoms with Gasteiger partial charge in [0.1, 0.15) is 0 Å².